The number of nitrogens with zero attached hydrogens (tertiary/aromatic N) is 2. The van der Waals surface area contributed by atoms with Crippen molar-refractivity contribution in [1.82, 2.24) is 9.88 Å². The van der Waals surface area contributed by atoms with Crippen LogP contribution in [-0.2, 0) is 0 Å². The summed E-state index contributed by atoms with van der Waals surface area (Å²) in [5.74, 6) is 0. The number of halogens is 1. The molecule has 2 nitrogen and oxygen atoms in total. The monoisotopic (exact) mass is 238 g/mol. The third-order valence-corrected chi connectivity index (χ3v) is 3.52. The van der Waals surface area contributed by atoms with Gasteiger partial charge in [0.05, 0.1) is 0 Å². The van der Waals surface area contributed by atoms with Gasteiger partial charge < -0.3 is 0 Å². The fourth-order valence-corrected chi connectivity index (χ4v) is 2.53. The Morgan fingerprint density at radius 3 is 3.06 bits per heavy atom. The van der Waals surface area contributed by atoms with Crippen molar-refractivity contribution in [3.63, 3.8) is 0 Å². The van der Waals surface area contributed by atoms with E-state index >= 15 is 0 Å². The van der Waals surface area contributed by atoms with E-state index < -0.39 is 0 Å². The average Bonchev–Trinajstić information content (AvgIpc) is 2.75. The van der Waals surface area contributed by atoms with Gasteiger partial charge in [-0.1, -0.05) is 31.0 Å². The van der Waals surface area contributed by atoms with Crippen LogP contribution in [0.2, 0.25) is 5.15 Å². The number of pyridine rings is 1. The van der Waals surface area contributed by atoms with Crippen LogP contribution in [0.15, 0.2) is 18.3 Å². The third kappa shape index (κ3) is 2.74. The molecule has 1 aliphatic heterocycles. The topological polar surface area (TPSA) is 16.1 Å². The zero-order valence-corrected chi connectivity index (χ0v) is 10.6. The highest BCUT2D eigenvalue weighted by atomic mass is 35.5. The van der Waals surface area contributed by atoms with Gasteiger partial charge in [-0.15, -0.1) is 0 Å². The van der Waals surface area contributed by atoms with Gasteiger partial charge in [-0.2, -0.15) is 0 Å². The molecule has 88 valence electrons. The Hall–Kier alpha value is -0.600. The minimum absolute atomic E-state index is 0.566. The Morgan fingerprint density at radius 1 is 1.50 bits per heavy atom. The van der Waals surface area contributed by atoms with E-state index in [1.54, 1.807) is 0 Å². The van der Waals surface area contributed by atoms with Crippen molar-refractivity contribution >= 4 is 11.6 Å². The molecule has 1 aromatic rings. The number of hydrogen-bond acceptors (Lipinski definition) is 2. The lowest BCUT2D eigenvalue weighted by atomic mass is 10.1. The van der Waals surface area contributed by atoms with Crippen molar-refractivity contribution in [1.29, 1.82) is 0 Å². The maximum atomic E-state index is 5.81. The SMILES string of the molecule is CCCCN1CCC[C@H]1c1ccc(Cl)nc1. The van der Waals surface area contributed by atoms with Crippen LogP contribution < -0.4 is 0 Å². The minimum Gasteiger partial charge on any atom is -0.296 e. The van der Waals surface area contributed by atoms with Gasteiger partial charge in [0, 0.05) is 12.2 Å². The number of hydrogen-bond donors (Lipinski definition) is 0. The van der Waals surface area contributed by atoms with Gasteiger partial charge in [-0.05, 0) is 44.0 Å². The van der Waals surface area contributed by atoms with Crippen LogP contribution in [0.25, 0.3) is 0 Å². The fourth-order valence-electron chi connectivity index (χ4n) is 2.42. The molecule has 1 fully saturated rings. The lowest BCUT2D eigenvalue weighted by molar-refractivity contribution is 0.253. The first-order valence-corrected chi connectivity index (χ1v) is 6.54. The minimum atomic E-state index is 0.566. The molecule has 1 aliphatic rings. The number of rotatable bonds is 4. The molecule has 1 aromatic heterocycles. The Kier molecular flexibility index (Phi) is 4.19. The molecule has 0 saturated carbocycles. The third-order valence-electron chi connectivity index (χ3n) is 3.30. The molecule has 0 aromatic carbocycles. The molecule has 2 heterocycles. The molecular formula is C13H19ClN2. The van der Waals surface area contributed by atoms with Crippen molar-refractivity contribution < 1.29 is 0 Å². The van der Waals surface area contributed by atoms with Crippen LogP contribution in [-0.4, -0.2) is 23.0 Å². The smallest absolute Gasteiger partial charge is 0.129 e. The highest BCUT2D eigenvalue weighted by Gasteiger charge is 2.25. The van der Waals surface area contributed by atoms with E-state index in [1.807, 2.05) is 12.3 Å². The molecule has 0 N–H and O–H groups in total. The lowest BCUT2D eigenvalue weighted by Gasteiger charge is -2.24. The van der Waals surface area contributed by atoms with Crippen LogP contribution in [0.4, 0.5) is 0 Å². The van der Waals surface area contributed by atoms with Gasteiger partial charge in [0.1, 0.15) is 5.15 Å². The second-order valence-electron chi connectivity index (χ2n) is 4.46. The van der Waals surface area contributed by atoms with E-state index in [9.17, 15) is 0 Å². The van der Waals surface area contributed by atoms with Crippen LogP contribution >= 0.6 is 11.6 Å². The predicted octanol–water partition coefficient (Wildman–Crippen LogP) is 3.67. The zero-order valence-electron chi connectivity index (χ0n) is 9.82. The first-order valence-electron chi connectivity index (χ1n) is 6.16. The number of likely N-dealkylation sites (tertiary alicyclic amines) is 1. The van der Waals surface area contributed by atoms with Gasteiger partial charge in [0.25, 0.3) is 0 Å². The molecule has 0 amide bonds. The molecule has 3 heteroatoms. The summed E-state index contributed by atoms with van der Waals surface area (Å²) in [6.07, 6.45) is 7.04. The van der Waals surface area contributed by atoms with Gasteiger partial charge in [0.15, 0.2) is 0 Å². The molecule has 16 heavy (non-hydrogen) atoms. The van der Waals surface area contributed by atoms with Crippen molar-refractivity contribution in [2.24, 2.45) is 0 Å². The molecule has 0 spiro atoms. The van der Waals surface area contributed by atoms with Gasteiger partial charge in [-0.25, -0.2) is 4.98 Å². The van der Waals surface area contributed by atoms with Crippen molar-refractivity contribution in [3.8, 4) is 0 Å². The van der Waals surface area contributed by atoms with Gasteiger partial charge in [-0.3, -0.25) is 4.90 Å². The normalized spacial score (nSPS) is 21.5. The quantitative estimate of drug-likeness (QED) is 0.744. The van der Waals surface area contributed by atoms with E-state index in [2.05, 4.69) is 22.9 Å². The molecule has 2 rings (SSSR count). The average molecular weight is 239 g/mol. The molecule has 0 radical (unpaired) electrons. The summed E-state index contributed by atoms with van der Waals surface area (Å²) in [4.78, 5) is 6.75. The summed E-state index contributed by atoms with van der Waals surface area (Å²) < 4.78 is 0. The summed E-state index contributed by atoms with van der Waals surface area (Å²) in [7, 11) is 0. The van der Waals surface area contributed by atoms with Crippen molar-refractivity contribution in [3.05, 3.63) is 29.0 Å². The molecule has 1 saturated heterocycles. The summed E-state index contributed by atoms with van der Waals surface area (Å²) in [5, 5.41) is 0.585. The molecule has 1 atom stereocenters. The zero-order chi connectivity index (χ0) is 11.4. The second-order valence-corrected chi connectivity index (χ2v) is 4.85. The molecule has 0 unspecified atom stereocenters. The summed E-state index contributed by atoms with van der Waals surface area (Å²) in [6, 6.07) is 4.58. The molecule has 0 aliphatic carbocycles. The van der Waals surface area contributed by atoms with Crippen molar-refractivity contribution in [2.45, 2.75) is 38.6 Å². The summed E-state index contributed by atoms with van der Waals surface area (Å²) in [6.45, 7) is 4.69. The second kappa shape index (κ2) is 5.65. The highest BCUT2D eigenvalue weighted by Crippen LogP contribution is 2.31. The van der Waals surface area contributed by atoms with Crippen LogP contribution in [0.5, 0.6) is 0 Å². The van der Waals surface area contributed by atoms with Crippen LogP contribution in [0.1, 0.15) is 44.2 Å². The van der Waals surface area contributed by atoms with Crippen LogP contribution in [0.3, 0.4) is 0 Å². The first kappa shape index (κ1) is 11.9. The lowest BCUT2D eigenvalue weighted by Crippen LogP contribution is -2.24. The summed E-state index contributed by atoms with van der Waals surface area (Å²) >= 11 is 5.81. The van der Waals surface area contributed by atoms with E-state index in [-0.39, 0.29) is 0 Å². The highest BCUT2D eigenvalue weighted by molar-refractivity contribution is 6.29. The van der Waals surface area contributed by atoms with E-state index in [0.717, 1.165) is 0 Å². The van der Waals surface area contributed by atoms with Gasteiger partial charge in [0.2, 0.25) is 0 Å². The predicted molar refractivity (Wildman–Crippen MR) is 67.7 cm³/mol. The number of aromatic nitrogens is 1. The van der Waals surface area contributed by atoms with Gasteiger partial charge >= 0.3 is 0 Å². The molecule has 0 bridgehead atoms. The number of unbranched alkanes of at least 4 members (excludes halogenated alkanes) is 1. The Morgan fingerprint density at radius 2 is 2.38 bits per heavy atom. The Labute approximate surface area is 103 Å². The first-order chi connectivity index (χ1) is 7.81. The van der Waals surface area contributed by atoms with E-state index in [1.165, 1.54) is 44.3 Å². The van der Waals surface area contributed by atoms with Crippen molar-refractivity contribution in [2.75, 3.05) is 13.1 Å². The van der Waals surface area contributed by atoms with E-state index in [4.69, 9.17) is 11.6 Å². The fraction of sp³-hybridized carbons (Fsp3) is 0.615. The van der Waals surface area contributed by atoms with E-state index in [0.29, 0.717) is 11.2 Å². The Bertz CT molecular complexity index is 323. The maximum Gasteiger partial charge on any atom is 0.129 e. The standard InChI is InChI=1S/C13H19ClN2/c1-2-3-8-16-9-4-5-12(16)11-6-7-13(14)15-10-11/h6-7,10,12H,2-5,8-9H2,1H3/t12-/m0/s1. The van der Waals surface area contributed by atoms with Crippen LogP contribution in [0, 0.1) is 0 Å². The maximum absolute atomic E-state index is 5.81. The largest absolute Gasteiger partial charge is 0.296 e. The summed E-state index contributed by atoms with van der Waals surface area (Å²) in [5.41, 5.74) is 1.32. The molecular weight excluding hydrogens is 220 g/mol. The Balaban J connectivity index is 2.04.